The topological polar surface area (TPSA) is 125 Å². The summed E-state index contributed by atoms with van der Waals surface area (Å²) in [7, 11) is 1.95. The molecule has 4 aromatic heterocycles. The van der Waals surface area contributed by atoms with Gasteiger partial charge in [-0.3, -0.25) is 4.68 Å². The maximum atomic E-state index is 10.0. The smallest absolute Gasteiger partial charge is 0.534 e. The molecule has 0 unspecified atom stereocenters. The van der Waals surface area contributed by atoms with Gasteiger partial charge in [-0.15, -0.1) is 0 Å². The number of hydrogen-bond donors (Lipinski definition) is 1. The fourth-order valence-corrected chi connectivity index (χ4v) is 4.62. The molecule has 202 valence electrons. The Balaban J connectivity index is 0.000000262. The maximum Gasteiger partial charge on any atom is 1.00 e. The van der Waals surface area contributed by atoms with Crippen LogP contribution in [0.25, 0.3) is 33.7 Å². The summed E-state index contributed by atoms with van der Waals surface area (Å²) < 4.78 is 12.7. The Morgan fingerprint density at radius 2 is 1.90 bits per heavy atom. The monoisotopic (exact) mass is 549 g/mol. The maximum absolute atomic E-state index is 10.0. The van der Waals surface area contributed by atoms with Gasteiger partial charge < -0.3 is 19.0 Å². The Hall–Kier alpha value is -3.34. The van der Waals surface area contributed by atoms with E-state index in [4.69, 9.17) is 14.2 Å². The number of pyridine rings is 1. The quantitative estimate of drug-likeness (QED) is 0.268. The molecule has 1 aliphatic heterocycles. The molecule has 10 nitrogen and oxygen atoms in total. The summed E-state index contributed by atoms with van der Waals surface area (Å²) in [5.74, 6) is 2.24. The molecule has 1 aromatic carbocycles. The molecule has 40 heavy (non-hydrogen) atoms. The van der Waals surface area contributed by atoms with Crippen LogP contribution >= 0.6 is 0 Å². The van der Waals surface area contributed by atoms with Gasteiger partial charge in [0.15, 0.2) is 5.65 Å². The summed E-state index contributed by atoms with van der Waals surface area (Å²) in [6.45, 7) is 10.6. The first kappa shape index (κ1) is 29.6. The van der Waals surface area contributed by atoms with Gasteiger partial charge in [0.05, 0.1) is 29.2 Å². The van der Waals surface area contributed by atoms with E-state index in [-0.39, 0.29) is 40.8 Å². The summed E-state index contributed by atoms with van der Waals surface area (Å²) in [5.41, 5.74) is 8.01. The molecule has 5 heterocycles. The number of aromatic nitrogens is 7. The van der Waals surface area contributed by atoms with Crippen LogP contribution in [0, 0.1) is 13.8 Å². The molecule has 0 aliphatic carbocycles. The van der Waals surface area contributed by atoms with E-state index in [1.165, 1.54) is 12.0 Å². The number of ether oxygens (including phenoxy) is 1. The van der Waals surface area contributed by atoms with Gasteiger partial charge in [-0.1, -0.05) is 38.1 Å². The number of aromatic amines is 1. The Morgan fingerprint density at radius 3 is 2.55 bits per heavy atom. The fourth-order valence-electron chi connectivity index (χ4n) is 4.62. The first-order valence-corrected chi connectivity index (χ1v) is 13.0. The number of rotatable bonds is 3. The van der Waals surface area contributed by atoms with Crippen molar-refractivity contribution >= 4 is 17.5 Å². The second kappa shape index (κ2) is 12.0. The number of fused-ring (bicyclic) bond motifs is 2. The number of benzene rings is 1. The van der Waals surface area contributed by atoms with Crippen LogP contribution in [0.15, 0.2) is 35.0 Å². The Kier molecular flexibility index (Phi) is 8.92. The summed E-state index contributed by atoms with van der Waals surface area (Å²) >= 11 is 0. The van der Waals surface area contributed by atoms with Crippen molar-refractivity contribution in [2.45, 2.75) is 59.3 Å². The molecule has 1 aliphatic rings. The van der Waals surface area contributed by atoms with Gasteiger partial charge in [0.1, 0.15) is 11.6 Å². The van der Waals surface area contributed by atoms with E-state index in [9.17, 15) is 4.79 Å². The standard InChI is InChI=1S/C22H23N5O.C7H9N2O2.Na/c1-13-19(14(2)27(3)26-13)21-24-20-17(9-10-23-22(20)25-21)16-8-7-15-6-4-5-11-28-18(15)12-16;1-7(2,3)6-8-5(4-10)9-11-6;/h7-10,12H,4-6,11H2,1-3H3,(H,23,24,25);1-3H3;/q;-1;+1. The molecule has 11 heteroatoms. The number of imidazole rings is 1. The van der Waals surface area contributed by atoms with Gasteiger partial charge in [0.2, 0.25) is 5.89 Å². The van der Waals surface area contributed by atoms with E-state index in [1.54, 1.807) is 6.29 Å². The zero-order valence-corrected chi connectivity index (χ0v) is 26.1. The average molecular weight is 550 g/mol. The minimum absolute atomic E-state index is 0. The van der Waals surface area contributed by atoms with Crippen molar-refractivity contribution in [1.82, 2.24) is 34.9 Å². The van der Waals surface area contributed by atoms with E-state index in [1.807, 2.05) is 51.7 Å². The number of hydrogen-bond acceptors (Lipinski definition) is 8. The first-order chi connectivity index (χ1) is 18.7. The van der Waals surface area contributed by atoms with Crippen LogP contribution in [0.5, 0.6) is 5.75 Å². The molecule has 5 aromatic rings. The van der Waals surface area contributed by atoms with Crippen LogP contribution in [0.1, 0.15) is 62.3 Å². The molecule has 0 amide bonds. The molecule has 0 saturated heterocycles. The molecule has 0 atom stereocenters. The average Bonchev–Trinajstić information content (AvgIpc) is 3.57. The molecule has 6 rings (SSSR count). The van der Waals surface area contributed by atoms with Crippen molar-refractivity contribution in [3.8, 4) is 28.3 Å². The van der Waals surface area contributed by atoms with E-state index < -0.39 is 0 Å². The molecular formula is C29H32N7NaO3. The third kappa shape index (κ3) is 6.04. The van der Waals surface area contributed by atoms with Gasteiger partial charge >= 0.3 is 29.6 Å². The Labute approximate surface area is 255 Å². The fraction of sp³-hybridized carbons (Fsp3) is 0.379. The van der Waals surface area contributed by atoms with Crippen molar-refractivity contribution in [2.24, 2.45) is 7.05 Å². The normalized spacial score (nSPS) is 12.9. The number of nitrogens with one attached hydrogen (secondary N) is 1. The Morgan fingerprint density at radius 1 is 1.10 bits per heavy atom. The Bertz CT molecular complexity index is 1650. The van der Waals surface area contributed by atoms with Gasteiger partial charge in [-0.2, -0.15) is 11.4 Å². The second-order valence-corrected chi connectivity index (χ2v) is 10.7. The second-order valence-electron chi connectivity index (χ2n) is 10.7. The van der Waals surface area contributed by atoms with Crippen molar-refractivity contribution in [2.75, 3.05) is 6.61 Å². The minimum atomic E-state index is -0.206. The van der Waals surface area contributed by atoms with Gasteiger partial charge in [0.25, 0.3) is 0 Å². The van der Waals surface area contributed by atoms with E-state index in [2.05, 4.69) is 50.3 Å². The van der Waals surface area contributed by atoms with Gasteiger partial charge in [-0.05, 0) is 56.4 Å². The molecular weight excluding hydrogens is 517 g/mol. The minimum Gasteiger partial charge on any atom is -0.534 e. The van der Waals surface area contributed by atoms with Crippen LogP contribution in [0.3, 0.4) is 0 Å². The molecule has 0 radical (unpaired) electrons. The van der Waals surface area contributed by atoms with Crippen LogP contribution in [-0.4, -0.2) is 47.8 Å². The largest absolute Gasteiger partial charge is 1.00 e. The third-order valence-corrected chi connectivity index (χ3v) is 6.77. The molecule has 0 saturated carbocycles. The predicted octanol–water partition coefficient (Wildman–Crippen LogP) is 2.19. The third-order valence-electron chi connectivity index (χ3n) is 6.77. The van der Waals surface area contributed by atoms with Gasteiger partial charge in [0, 0.05) is 29.9 Å². The molecule has 0 bridgehead atoms. The molecule has 0 fully saturated rings. The SMILES string of the molecule is CC(C)(C)c1nc([C-]=O)no1.Cc1nn(C)c(C)c1-c1nc2nccc(-c3ccc4c(c3)OCCCC4)c2[nH]1.[Na+]. The van der Waals surface area contributed by atoms with E-state index in [0.717, 1.165) is 64.6 Å². The number of nitrogens with zero attached hydrogens (tertiary/aromatic N) is 6. The molecule has 0 spiro atoms. The number of H-pyrrole nitrogens is 1. The zero-order valence-electron chi connectivity index (χ0n) is 24.1. The zero-order chi connectivity index (χ0) is 27.7. The van der Waals surface area contributed by atoms with Crippen molar-refractivity contribution < 1.29 is 43.6 Å². The van der Waals surface area contributed by atoms with Crippen molar-refractivity contribution in [3.63, 3.8) is 0 Å². The van der Waals surface area contributed by atoms with Crippen LogP contribution < -0.4 is 34.3 Å². The summed E-state index contributed by atoms with van der Waals surface area (Å²) in [6, 6.07) is 8.54. The predicted molar refractivity (Wildman–Crippen MR) is 147 cm³/mol. The summed E-state index contributed by atoms with van der Waals surface area (Å²) in [4.78, 5) is 26.6. The molecule has 1 N–H and O–H groups in total. The summed E-state index contributed by atoms with van der Waals surface area (Å²) in [5, 5.41) is 7.91. The number of aryl methyl sites for hydroxylation is 3. The van der Waals surface area contributed by atoms with Gasteiger partial charge in [-0.25, -0.2) is 15.0 Å². The van der Waals surface area contributed by atoms with Crippen LogP contribution in [-0.2, 0) is 23.7 Å². The van der Waals surface area contributed by atoms with Crippen LogP contribution in [0.2, 0.25) is 0 Å². The number of carbonyl (C=O) groups excluding carboxylic acids is 1. The van der Waals surface area contributed by atoms with Crippen molar-refractivity contribution in [3.05, 3.63) is 59.1 Å². The van der Waals surface area contributed by atoms with Crippen molar-refractivity contribution in [1.29, 1.82) is 0 Å². The van der Waals surface area contributed by atoms with E-state index >= 15 is 0 Å². The summed E-state index contributed by atoms with van der Waals surface area (Å²) in [6.07, 6.45) is 6.74. The first-order valence-electron chi connectivity index (χ1n) is 13.0. The van der Waals surface area contributed by atoms with E-state index in [0.29, 0.717) is 11.5 Å². The van der Waals surface area contributed by atoms with Crippen LogP contribution in [0.4, 0.5) is 0 Å².